The molecule has 162 valence electrons. The molecule has 0 aromatic heterocycles. The van der Waals surface area contributed by atoms with Gasteiger partial charge in [0.1, 0.15) is 17.2 Å². The largest absolute Gasteiger partial charge is 0.381 e. The van der Waals surface area contributed by atoms with Crippen LogP contribution >= 0.6 is 0 Å². The summed E-state index contributed by atoms with van der Waals surface area (Å²) in [5.41, 5.74) is 2.51. The Balaban J connectivity index is 1.53. The number of amides is 1. The molecule has 0 aliphatic carbocycles. The number of carbonyl (C=O) groups is 2. The SMILES string of the molecule is Cc1cc(C2=NOC(C)(C)C2=O)ccc1-c1ccc(NC(=O)c2c(F)cccc2F)cc1. The second kappa shape index (κ2) is 8.00. The minimum Gasteiger partial charge on any atom is -0.381 e. The van der Waals surface area contributed by atoms with Gasteiger partial charge in [-0.1, -0.05) is 35.5 Å². The Hall–Kier alpha value is -3.87. The van der Waals surface area contributed by atoms with Crippen LogP contribution in [0.25, 0.3) is 11.1 Å². The number of benzene rings is 3. The van der Waals surface area contributed by atoms with E-state index in [0.717, 1.165) is 28.8 Å². The lowest BCUT2D eigenvalue weighted by atomic mass is 9.92. The predicted molar refractivity (Wildman–Crippen MR) is 118 cm³/mol. The maximum atomic E-state index is 13.8. The van der Waals surface area contributed by atoms with Crippen LogP contribution in [0.1, 0.15) is 35.3 Å². The van der Waals surface area contributed by atoms with E-state index < -0.39 is 28.7 Å². The molecule has 1 amide bonds. The molecule has 0 unspecified atom stereocenters. The maximum absolute atomic E-state index is 13.8. The van der Waals surface area contributed by atoms with Crippen LogP contribution in [0, 0.1) is 18.6 Å². The molecule has 1 aliphatic rings. The minimum atomic E-state index is -0.965. The minimum absolute atomic E-state index is 0.170. The van der Waals surface area contributed by atoms with Crippen molar-refractivity contribution < 1.29 is 23.2 Å². The van der Waals surface area contributed by atoms with Gasteiger partial charge in [-0.2, -0.15) is 0 Å². The van der Waals surface area contributed by atoms with Gasteiger partial charge in [0.25, 0.3) is 5.91 Å². The number of hydrogen-bond donors (Lipinski definition) is 1. The molecule has 1 N–H and O–H groups in total. The Morgan fingerprint density at radius 1 is 0.969 bits per heavy atom. The molecule has 1 aliphatic heterocycles. The Morgan fingerprint density at radius 2 is 1.59 bits per heavy atom. The number of hydrogen-bond acceptors (Lipinski definition) is 4. The fourth-order valence-electron chi connectivity index (χ4n) is 3.49. The molecular weight excluding hydrogens is 414 g/mol. The topological polar surface area (TPSA) is 67.8 Å². The number of aryl methyl sites for hydroxylation is 1. The Bertz CT molecular complexity index is 1240. The van der Waals surface area contributed by atoms with E-state index in [-0.39, 0.29) is 5.78 Å². The monoisotopic (exact) mass is 434 g/mol. The lowest BCUT2D eigenvalue weighted by Gasteiger charge is -2.12. The summed E-state index contributed by atoms with van der Waals surface area (Å²) in [5, 5.41) is 6.44. The number of ketones is 1. The van der Waals surface area contributed by atoms with Gasteiger partial charge in [0.2, 0.25) is 5.78 Å². The third-order valence-electron chi connectivity index (χ3n) is 5.27. The van der Waals surface area contributed by atoms with Crippen molar-refractivity contribution in [2.45, 2.75) is 26.4 Å². The van der Waals surface area contributed by atoms with Crippen LogP contribution in [0.4, 0.5) is 14.5 Å². The van der Waals surface area contributed by atoms with Crippen LogP contribution in [0.3, 0.4) is 0 Å². The second-order valence-corrected chi connectivity index (χ2v) is 8.03. The summed E-state index contributed by atoms with van der Waals surface area (Å²) >= 11 is 0. The van der Waals surface area contributed by atoms with Gasteiger partial charge in [-0.25, -0.2) is 8.78 Å². The molecule has 0 saturated heterocycles. The first kappa shape index (κ1) is 21.4. The number of nitrogens with zero attached hydrogens (tertiary/aromatic N) is 1. The molecule has 3 aromatic rings. The smallest absolute Gasteiger partial charge is 0.261 e. The summed E-state index contributed by atoms with van der Waals surface area (Å²) in [5.74, 6) is -2.87. The predicted octanol–water partition coefficient (Wildman–Crippen LogP) is 5.27. The Labute approximate surface area is 183 Å². The third kappa shape index (κ3) is 3.89. The molecule has 32 heavy (non-hydrogen) atoms. The zero-order valence-electron chi connectivity index (χ0n) is 17.7. The second-order valence-electron chi connectivity index (χ2n) is 8.03. The summed E-state index contributed by atoms with van der Waals surface area (Å²) in [6.45, 7) is 5.27. The molecule has 0 atom stereocenters. The maximum Gasteiger partial charge on any atom is 0.261 e. The van der Waals surface area contributed by atoms with Crippen molar-refractivity contribution in [2.75, 3.05) is 5.32 Å². The Kier molecular flexibility index (Phi) is 5.34. The van der Waals surface area contributed by atoms with Crippen molar-refractivity contribution in [3.63, 3.8) is 0 Å². The normalized spacial score (nSPS) is 14.7. The number of halogens is 2. The highest BCUT2D eigenvalue weighted by Crippen LogP contribution is 2.28. The van der Waals surface area contributed by atoms with E-state index in [0.29, 0.717) is 17.0 Å². The average molecular weight is 434 g/mol. The van der Waals surface area contributed by atoms with Crippen molar-refractivity contribution in [2.24, 2.45) is 5.16 Å². The highest BCUT2D eigenvalue weighted by atomic mass is 19.1. The summed E-state index contributed by atoms with van der Waals surface area (Å²) in [6, 6.07) is 15.7. The zero-order valence-corrected chi connectivity index (χ0v) is 17.7. The van der Waals surface area contributed by atoms with Crippen LogP contribution < -0.4 is 5.32 Å². The quantitative estimate of drug-likeness (QED) is 0.608. The van der Waals surface area contributed by atoms with E-state index in [4.69, 9.17) is 4.84 Å². The lowest BCUT2D eigenvalue weighted by Crippen LogP contribution is -2.33. The van der Waals surface area contributed by atoms with Crippen molar-refractivity contribution in [1.82, 2.24) is 0 Å². The van der Waals surface area contributed by atoms with Gasteiger partial charge in [0.15, 0.2) is 11.3 Å². The summed E-state index contributed by atoms with van der Waals surface area (Å²) in [6.07, 6.45) is 0. The fourth-order valence-corrected chi connectivity index (χ4v) is 3.49. The van der Waals surface area contributed by atoms with E-state index in [1.54, 1.807) is 44.2 Å². The van der Waals surface area contributed by atoms with Crippen molar-refractivity contribution in [3.8, 4) is 11.1 Å². The summed E-state index contributed by atoms with van der Waals surface area (Å²) < 4.78 is 27.6. The number of oxime groups is 1. The van der Waals surface area contributed by atoms with E-state index in [1.807, 2.05) is 19.1 Å². The Morgan fingerprint density at radius 3 is 2.16 bits per heavy atom. The fraction of sp³-hybridized carbons (Fsp3) is 0.160. The third-order valence-corrected chi connectivity index (χ3v) is 5.27. The van der Waals surface area contributed by atoms with Crippen LogP contribution in [0.15, 0.2) is 65.8 Å². The molecule has 1 heterocycles. The zero-order chi connectivity index (χ0) is 23.0. The molecule has 0 bridgehead atoms. The lowest BCUT2D eigenvalue weighted by molar-refractivity contribution is -0.128. The molecule has 0 saturated carbocycles. The molecule has 0 spiro atoms. The molecular formula is C25H20F2N2O3. The average Bonchev–Trinajstić information content (AvgIpc) is 3.01. The highest BCUT2D eigenvalue weighted by molar-refractivity contribution is 6.49. The van der Waals surface area contributed by atoms with E-state index in [1.165, 1.54) is 6.07 Å². The van der Waals surface area contributed by atoms with E-state index in [9.17, 15) is 18.4 Å². The van der Waals surface area contributed by atoms with Crippen LogP contribution in [-0.4, -0.2) is 23.0 Å². The van der Waals surface area contributed by atoms with Gasteiger partial charge >= 0.3 is 0 Å². The standard InChI is InChI=1S/C25H20F2N2O3/c1-14-13-16(22-23(30)25(2,3)32-29-22)9-12-18(14)15-7-10-17(11-8-15)28-24(31)21-19(26)5-4-6-20(21)27/h4-13H,1-3H3,(H,28,31). The first-order valence-corrected chi connectivity index (χ1v) is 9.95. The van der Waals surface area contributed by atoms with Gasteiger partial charge in [-0.3, -0.25) is 9.59 Å². The summed E-state index contributed by atoms with van der Waals surface area (Å²) in [7, 11) is 0. The highest BCUT2D eigenvalue weighted by Gasteiger charge is 2.40. The number of anilines is 1. The van der Waals surface area contributed by atoms with Crippen LogP contribution in [0.2, 0.25) is 0 Å². The van der Waals surface area contributed by atoms with Gasteiger partial charge in [0.05, 0.1) is 0 Å². The van der Waals surface area contributed by atoms with Crippen LogP contribution in [0.5, 0.6) is 0 Å². The number of nitrogens with one attached hydrogen (secondary N) is 1. The molecule has 7 heteroatoms. The first-order chi connectivity index (χ1) is 15.2. The molecule has 5 nitrogen and oxygen atoms in total. The number of carbonyl (C=O) groups excluding carboxylic acids is 2. The van der Waals surface area contributed by atoms with Gasteiger partial charge in [-0.15, -0.1) is 0 Å². The molecule has 3 aromatic carbocycles. The number of Topliss-reactive ketones (excluding diaryl/α,β-unsaturated/α-hetero) is 1. The van der Waals surface area contributed by atoms with E-state index in [2.05, 4.69) is 10.5 Å². The van der Waals surface area contributed by atoms with Crippen molar-refractivity contribution >= 4 is 23.1 Å². The van der Waals surface area contributed by atoms with Crippen molar-refractivity contribution in [1.29, 1.82) is 0 Å². The molecule has 0 radical (unpaired) electrons. The number of rotatable bonds is 4. The van der Waals surface area contributed by atoms with Gasteiger partial charge in [0, 0.05) is 11.3 Å². The van der Waals surface area contributed by atoms with E-state index >= 15 is 0 Å². The van der Waals surface area contributed by atoms with Crippen molar-refractivity contribution in [3.05, 3.63) is 89.0 Å². The van der Waals surface area contributed by atoms with Gasteiger partial charge in [-0.05, 0) is 67.8 Å². The summed E-state index contributed by atoms with van der Waals surface area (Å²) in [4.78, 5) is 29.9. The molecule has 4 rings (SSSR count). The van der Waals surface area contributed by atoms with Crippen LogP contribution in [-0.2, 0) is 9.63 Å². The first-order valence-electron chi connectivity index (χ1n) is 9.95. The molecule has 0 fully saturated rings. The van der Waals surface area contributed by atoms with Gasteiger partial charge < -0.3 is 10.2 Å².